The van der Waals surface area contributed by atoms with Gasteiger partial charge in [-0.25, -0.2) is 0 Å². The zero-order valence-electron chi connectivity index (χ0n) is 38.4. The van der Waals surface area contributed by atoms with Crippen LogP contribution in [0.3, 0.4) is 0 Å². The fraction of sp³-hybridized carbons (Fsp3) is 0.0154. The predicted molar refractivity (Wildman–Crippen MR) is 286 cm³/mol. The van der Waals surface area contributed by atoms with Crippen molar-refractivity contribution in [2.45, 2.75) is 6.92 Å². The normalized spacial score (nSPS) is 11.3. The molecule has 0 aliphatic carbocycles. The topological polar surface area (TPSA) is 56.0 Å². The second-order valence-electron chi connectivity index (χ2n) is 17.6. The summed E-state index contributed by atoms with van der Waals surface area (Å²) in [6, 6.07) is 82.3. The van der Waals surface area contributed by atoms with E-state index in [1.165, 1.54) is 0 Å². The van der Waals surface area contributed by atoms with Crippen molar-refractivity contribution in [1.82, 2.24) is 24.6 Å². The number of pyridine rings is 4. The summed E-state index contributed by atoms with van der Waals surface area (Å²) >= 11 is 0. The molecule has 71 heavy (non-hydrogen) atoms. The number of hydrogen-bond acceptors (Lipinski definition) is 4. The minimum absolute atomic E-state index is 0. The Hall–Kier alpha value is -8.67. The summed E-state index contributed by atoms with van der Waals surface area (Å²) in [5, 5.41) is 8.22. The first-order chi connectivity index (χ1) is 34.6. The SMILES string of the molecule is Cc1cc[c-]c2c3ncc(-c4ccccc4-c4cc(-c5ccccc5-c5ccc(-c6[c-]cccc6)nc5)cc(-c5ccccc5-c5ccc(-c6[c-]cccc6)nc5)c4)cc3c3c4ccccc4nn3c12.[Ir+3]. The Morgan fingerprint density at radius 2 is 0.859 bits per heavy atom. The molecule has 0 aliphatic rings. The average molecular weight is 1080 g/mol. The van der Waals surface area contributed by atoms with Crippen molar-refractivity contribution < 1.29 is 20.1 Å². The number of rotatable bonds is 8. The van der Waals surface area contributed by atoms with E-state index in [4.69, 9.17) is 20.1 Å². The zero-order chi connectivity index (χ0) is 46.5. The maximum Gasteiger partial charge on any atom is 3.00 e. The van der Waals surface area contributed by atoms with Gasteiger partial charge in [0.25, 0.3) is 0 Å². The van der Waals surface area contributed by atoms with Crippen LogP contribution in [-0.2, 0) is 20.1 Å². The van der Waals surface area contributed by atoms with Gasteiger partial charge in [0, 0.05) is 24.0 Å². The van der Waals surface area contributed by atoms with Crippen molar-refractivity contribution in [1.29, 1.82) is 0 Å². The van der Waals surface area contributed by atoms with Gasteiger partial charge in [0.15, 0.2) is 0 Å². The number of aryl methyl sites for hydroxylation is 1. The summed E-state index contributed by atoms with van der Waals surface area (Å²) < 4.78 is 2.10. The number of benzene rings is 8. The van der Waals surface area contributed by atoms with Crippen molar-refractivity contribution in [3.8, 4) is 89.3 Å². The van der Waals surface area contributed by atoms with Crippen LogP contribution >= 0.6 is 0 Å². The Labute approximate surface area is 425 Å². The van der Waals surface area contributed by atoms with E-state index in [0.717, 1.165) is 133 Å². The molecular formula is C65H40IrN5. The Bertz CT molecular complexity index is 3970. The van der Waals surface area contributed by atoms with Crippen LogP contribution in [0.1, 0.15) is 5.56 Å². The summed E-state index contributed by atoms with van der Waals surface area (Å²) in [7, 11) is 0. The molecule has 5 nitrogen and oxygen atoms in total. The molecule has 334 valence electrons. The van der Waals surface area contributed by atoms with Crippen LogP contribution < -0.4 is 0 Å². The van der Waals surface area contributed by atoms with Gasteiger partial charge in [-0.1, -0.05) is 134 Å². The fourth-order valence-corrected chi connectivity index (χ4v) is 10.1. The van der Waals surface area contributed by atoms with E-state index in [1.54, 1.807) is 0 Å². The molecule has 0 saturated heterocycles. The van der Waals surface area contributed by atoms with E-state index in [9.17, 15) is 0 Å². The molecule has 0 saturated carbocycles. The summed E-state index contributed by atoms with van der Waals surface area (Å²) in [5.41, 5.74) is 21.6. The summed E-state index contributed by atoms with van der Waals surface area (Å²) in [4.78, 5) is 15.1. The van der Waals surface area contributed by atoms with Crippen LogP contribution in [0.5, 0.6) is 0 Å². The first-order valence-electron chi connectivity index (χ1n) is 23.4. The van der Waals surface area contributed by atoms with E-state index >= 15 is 0 Å². The Kier molecular flexibility index (Phi) is 11.3. The molecule has 0 bridgehead atoms. The molecule has 0 N–H and O–H groups in total. The quantitative estimate of drug-likeness (QED) is 0.112. The van der Waals surface area contributed by atoms with Gasteiger partial charge in [-0.05, 0) is 119 Å². The Morgan fingerprint density at radius 3 is 1.37 bits per heavy atom. The molecule has 5 heterocycles. The van der Waals surface area contributed by atoms with Crippen molar-refractivity contribution in [3.05, 3.63) is 249 Å². The van der Waals surface area contributed by atoms with Gasteiger partial charge in [0.1, 0.15) is 0 Å². The summed E-state index contributed by atoms with van der Waals surface area (Å²) in [5.74, 6) is 0. The maximum absolute atomic E-state index is 5.28. The largest absolute Gasteiger partial charge is 3.00 e. The van der Waals surface area contributed by atoms with Gasteiger partial charge in [0.05, 0.1) is 11.0 Å². The average Bonchev–Trinajstić information content (AvgIpc) is 3.83. The second kappa shape index (κ2) is 18.3. The number of hydrogen-bond donors (Lipinski definition) is 0. The molecule has 0 amide bonds. The third kappa shape index (κ3) is 7.80. The number of nitrogens with zero attached hydrogens (tertiary/aromatic N) is 5. The van der Waals surface area contributed by atoms with Crippen LogP contribution in [0.2, 0.25) is 0 Å². The van der Waals surface area contributed by atoms with Gasteiger partial charge < -0.3 is 15.0 Å². The van der Waals surface area contributed by atoms with Crippen LogP contribution in [0.15, 0.2) is 225 Å². The van der Waals surface area contributed by atoms with Gasteiger partial charge in [0.2, 0.25) is 0 Å². The molecule has 13 aromatic rings. The zero-order valence-corrected chi connectivity index (χ0v) is 40.8. The molecule has 5 aromatic heterocycles. The molecule has 0 unspecified atom stereocenters. The molecule has 0 aliphatic heterocycles. The van der Waals surface area contributed by atoms with E-state index in [2.05, 4.69) is 175 Å². The maximum atomic E-state index is 5.28. The number of fused-ring (bicyclic) bond motifs is 8. The van der Waals surface area contributed by atoms with Crippen LogP contribution in [0.25, 0.3) is 128 Å². The van der Waals surface area contributed by atoms with Crippen molar-refractivity contribution in [3.63, 3.8) is 0 Å². The third-order valence-corrected chi connectivity index (χ3v) is 13.4. The van der Waals surface area contributed by atoms with Crippen LogP contribution in [0.4, 0.5) is 0 Å². The minimum Gasteiger partial charge on any atom is -0.304 e. The van der Waals surface area contributed by atoms with Gasteiger partial charge >= 0.3 is 20.1 Å². The molecule has 0 fully saturated rings. The molecular weight excluding hydrogens is 1040 g/mol. The fourth-order valence-electron chi connectivity index (χ4n) is 10.1. The molecule has 0 radical (unpaired) electrons. The van der Waals surface area contributed by atoms with Gasteiger partial charge in [-0.15, -0.1) is 95.6 Å². The standard InChI is InChI=1S/C65H40N5.Ir/c1-42-17-16-29-58-63-59(65-57-28-14-15-30-62(57)69-70(65)64(42)58)38-50(41-68-63)56-27-13-12-26-55(56)49-36-47(53-24-10-8-22-51(53)45-31-33-60(66-39-45)43-18-4-2-5-19-43)35-48(37-49)54-25-11-9-23-52(54)46-32-34-61(67-40-46)44-20-6-3-7-21-44;/h2-18,20,22-28,30-41H,1H3;/q-3;+3. The first-order valence-corrected chi connectivity index (χ1v) is 23.4. The van der Waals surface area contributed by atoms with E-state index < -0.39 is 0 Å². The monoisotopic (exact) mass is 1080 g/mol. The second-order valence-corrected chi connectivity index (χ2v) is 17.6. The van der Waals surface area contributed by atoms with Crippen LogP contribution in [0, 0.1) is 25.1 Å². The van der Waals surface area contributed by atoms with Crippen molar-refractivity contribution in [2.24, 2.45) is 0 Å². The minimum atomic E-state index is 0. The molecule has 8 aromatic carbocycles. The van der Waals surface area contributed by atoms with E-state index in [-0.39, 0.29) is 20.1 Å². The van der Waals surface area contributed by atoms with Crippen molar-refractivity contribution >= 4 is 38.2 Å². The summed E-state index contributed by atoms with van der Waals surface area (Å²) in [6.07, 6.45) is 5.98. The number of aromatic nitrogens is 5. The van der Waals surface area contributed by atoms with Gasteiger partial charge in [-0.2, -0.15) is 5.10 Å². The third-order valence-electron chi connectivity index (χ3n) is 13.4. The molecule has 13 rings (SSSR count). The summed E-state index contributed by atoms with van der Waals surface area (Å²) in [6.45, 7) is 2.13. The van der Waals surface area contributed by atoms with Gasteiger partial charge in [-0.3, -0.25) is 4.52 Å². The Balaban J connectivity index is 0.00000517. The first kappa shape index (κ1) is 43.6. The Morgan fingerprint density at radius 1 is 0.380 bits per heavy atom. The predicted octanol–water partition coefficient (Wildman–Crippen LogP) is 16.0. The van der Waals surface area contributed by atoms with Crippen molar-refractivity contribution in [2.75, 3.05) is 0 Å². The van der Waals surface area contributed by atoms with E-state index in [0.29, 0.717) is 0 Å². The smallest absolute Gasteiger partial charge is 0.304 e. The molecule has 6 heteroatoms. The molecule has 0 spiro atoms. The van der Waals surface area contributed by atoms with Crippen LogP contribution in [-0.4, -0.2) is 24.6 Å². The molecule has 0 atom stereocenters. The van der Waals surface area contributed by atoms with E-state index in [1.807, 2.05) is 79.3 Å².